The molecule has 0 radical (unpaired) electrons. The number of rotatable bonds is 7. The Morgan fingerprint density at radius 2 is 1.77 bits per heavy atom. The largest absolute Gasteiger partial charge is 0.508 e. The number of hydrogen-bond acceptors (Lipinski definition) is 4. The number of Topliss-reactive ketones (excluding diaryl/α,β-unsaturated/α-hetero) is 1. The number of phenolic OH excluding ortho intramolecular Hbond substituents is 1. The summed E-state index contributed by atoms with van der Waals surface area (Å²) in [5, 5.41) is 12.9. The molecule has 166 valence electrons. The number of anilines is 1. The van der Waals surface area contributed by atoms with Crippen LogP contribution in [0.4, 0.5) is 5.69 Å². The molecule has 1 fully saturated rings. The number of aromatic hydroxyl groups is 1. The zero-order chi connectivity index (χ0) is 22.5. The molecule has 1 saturated carbocycles. The van der Waals surface area contributed by atoms with Gasteiger partial charge in [-0.25, -0.2) is 0 Å². The lowest BCUT2D eigenvalue weighted by molar-refractivity contribution is -0.121. The van der Waals surface area contributed by atoms with Gasteiger partial charge in [-0.15, -0.1) is 0 Å². The number of carbonyl (C=O) groups is 2. The van der Waals surface area contributed by atoms with E-state index in [-0.39, 0.29) is 29.3 Å². The molecule has 2 aromatic rings. The summed E-state index contributed by atoms with van der Waals surface area (Å²) in [6.07, 6.45) is 4.53. The lowest BCUT2D eigenvalue weighted by Gasteiger charge is -2.27. The van der Waals surface area contributed by atoms with E-state index in [0.717, 1.165) is 60.2 Å². The molecule has 0 spiro atoms. The van der Waals surface area contributed by atoms with E-state index < -0.39 is 0 Å². The topological polar surface area (TPSA) is 75.6 Å². The van der Waals surface area contributed by atoms with Crippen LogP contribution in [0, 0.1) is 25.7 Å². The van der Waals surface area contributed by atoms with Crippen LogP contribution in [0.5, 0.6) is 11.5 Å². The Labute approximate surface area is 184 Å². The number of ketones is 1. The first-order chi connectivity index (χ1) is 14.8. The summed E-state index contributed by atoms with van der Waals surface area (Å²) in [6.45, 7) is 5.93. The Morgan fingerprint density at radius 3 is 2.42 bits per heavy atom. The molecule has 2 aromatic carbocycles. The van der Waals surface area contributed by atoms with Crippen LogP contribution in [0.2, 0.25) is 0 Å². The van der Waals surface area contributed by atoms with E-state index in [9.17, 15) is 14.7 Å². The fraction of sp³-hybridized carbons (Fsp3) is 0.462. The van der Waals surface area contributed by atoms with Crippen molar-refractivity contribution in [1.29, 1.82) is 0 Å². The Kier molecular flexibility index (Phi) is 7.37. The third kappa shape index (κ3) is 5.46. The Hall–Kier alpha value is -2.82. The second-order valence-corrected chi connectivity index (χ2v) is 8.66. The predicted molar refractivity (Wildman–Crippen MR) is 123 cm³/mol. The number of benzene rings is 2. The Balaban J connectivity index is 1.56. The molecule has 1 amide bonds. The average molecular weight is 424 g/mol. The molecule has 5 nitrogen and oxygen atoms in total. The van der Waals surface area contributed by atoms with Gasteiger partial charge in [-0.2, -0.15) is 0 Å². The number of aryl methyl sites for hydroxylation is 2. The molecule has 0 heterocycles. The van der Waals surface area contributed by atoms with Crippen molar-refractivity contribution >= 4 is 17.4 Å². The number of methoxy groups -OCH3 is 1. The maximum atomic E-state index is 12.9. The summed E-state index contributed by atoms with van der Waals surface area (Å²) >= 11 is 0. The van der Waals surface area contributed by atoms with Crippen molar-refractivity contribution in [2.24, 2.45) is 11.8 Å². The second kappa shape index (κ2) is 9.99. The van der Waals surface area contributed by atoms with Gasteiger partial charge in [0.2, 0.25) is 5.91 Å². The molecule has 0 bridgehead atoms. The first-order valence-corrected chi connectivity index (χ1v) is 11.1. The van der Waals surface area contributed by atoms with Gasteiger partial charge in [0, 0.05) is 29.7 Å². The highest BCUT2D eigenvalue weighted by Gasteiger charge is 2.28. The highest BCUT2D eigenvalue weighted by Crippen LogP contribution is 2.34. The third-order valence-corrected chi connectivity index (χ3v) is 6.48. The zero-order valence-electron chi connectivity index (χ0n) is 19.0. The van der Waals surface area contributed by atoms with Crippen LogP contribution in [0.15, 0.2) is 30.3 Å². The predicted octanol–water partition coefficient (Wildman–Crippen LogP) is 5.60. The molecular weight excluding hydrogens is 390 g/mol. The van der Waals surface area contributed by atoms with Gasteiger partial charge in [-0.1, -0.05) is 13.0 Å². The number of phenols is 1. The van der Waals surface area contributed by atoms with Gasteiger partial charge < -0.3 is 15.2 Å². The molecule has 0 saturated heterocycles. The van der Waals surface area contributed by atoms with Crippen molar-refractivity contribution in [2.45, 2.75) is 59.3 Å². The van der Waals surface area contributed by atoms with Crippen molar-refractivity contribution < 1.29 is 19.4 Å². The molecule has 2 N–H and O–H groups in total. The molecule has 0 unspecified atom stereocenters. The standard InChI is InChI=1S/C26H33NO4/c1-5-22-17(3)12-21(28)15-23(22)24(29)13-18-7-9-19(10-8-18)26(30)27-20-11-6-16(2)25(14-20)31-4/h6,11-12,14-15,18-19,28H,5,7-10,13H2,1-4H3,(H,27,30). The van der Waals surface area contributed by atoms with Gasteiger partial charge in [0.15, 0.2) is 5.78 Å². The molecule has 5 heteroatoms. The molecule has 0 atom stereocenters. The Morgan fingerprint density at radius 1 is 1.06 bits per heavy atom. The molecule has 3 rings (SSSR count). The molecule has 31 heavy (non-hydrogen) atoms. The van der Waals surface area contributed by atoms with E-state index >= 15 is 0 Å². The quantitative estimate of drug-likeness (QED) is 0.569. The van der Waals surface area contributed by atoms with Crippen LogP contribution in [0.3, 0.4) is 0 Å². The van der Waals surface area contributed by atoms with Crippen molar-refractivity contribution in [3.8, 4) is 11.5 Å². The smallest absolute Gasteiger partial charge is 0.227 e. The van der Waals surface area contributed by atoms with Gasteiger partial charge in [-0.3, -0.25) is 9.59 Å². The van der Waals surface area contributed by atoms with Gasteiger partial charge in [0.1, 0.15) is 11.5 Å². The van der Waals surface area contributed by atoms with Crippen LogP contribution in [-0.4, -0.2) is 23.9 Å². The Bertz CT molecular complexity index is 958. The van der Waals surface area contributed by atoms with Crippen LogP contribution < -0.4 is 10.1 Å². The SMILES string of the molecule is CCc1c(C)cc(O)cc1C(=O)CC1CCC(C(=O)Nc2ccc(C)c(OC)c2)CC1. The molecular formula is C26H33NO4. The first-order valence-electron chi connectivity index (χ1n) is 11.1. The van der Waals surface area contributed by atoms with Crippen LogP contribution in [-0.2, 0) is 11.2 Å². The number of nitrogens with one attached hydrogen (secondary N) is 1. The van der Waals surface area contributed by atoms with Crippen molar-refractivity contribution in [3.63, 3.8) is 0 Å². The fourth-order valence-electron chi connectivity index (χ4n) is 4.66. The number of hydrogen-bond donors (Lipinski definition) is 2. The summed E-state index contributed by atoms with van der Waals surface area (Å²) in [4.78, 5) is 25.7. The van der Waals surface area contributed by atoms with Crippen molar-refractivity contribution in [2.75, 3.05) is 12.4 Å². The van der Waals surface area contributed by atoms with Crippen LogP contribution >= 0.6 is 0 Å². The van der Waals surface area contributed by atoms with E-state index in [4.69, 9.17) is 4.74 Å². The van der Waals surface area contributed by atoms with Gasteiger partial charge >= 0.3 is 0 Å². The monoisotopic (exact) mass is 423 g/mol. The van der Waals surface area contributed by atoms with E-state index in [1.54, 1.807) is 19.2 Å². The normalized spacial score (nSPS) is 18.5. The highest BCUT2D eigenvalue weighted by molar-refractivity contribution is 5.98. The van der Waals surface area contributed by atoms with Gasteiger partial charge in [0.05, 0.1) is 7.11 Å². The van der Waals surface area contributed by atoms with E-state index in [0.29, 0.717) is 12.0 Å². The number of carbonyl (C=O) groups excluding carboxylic acids is 2. The van der Waals surface area contributed by atoms with E-state index in [1.807, 2.05) is 39.0 Å². The average Bonchev–Trinajstić information content (AvgIpc) is 2.75. The second-order valence-electron chi connectivity index (χ2n) is 8.66. The number of amides is 1. The van der Waals surface area contributed by atoms with Gasteiger partial charge in [0.25, 0.3) is 0 Å². The lowest BCUT2D eigenvalue weighted by Crippen LogP contribution is -2.28. The fourth-order valence-corrected chi connectivity index (χ4v) is 4.66. The zero-order valence-corrected chi connectivity index (χ0v) is 19.0. The molecule has 1 aliphatic carbocycles. The summed E-state index contributed by atoms with van der Waals surface area (Å²) in [5.41, 5.74) is 4.39. The maximum absolute atomic E-state index is 12.9. The van der Waals surface area contributed by atoms with Crippen molar-refractivity contribution in [1.82, 2.24) is 0 Å². The maximum Gasteiger partial charge on any atom is 0.227 e. The molecule has 0 aliphatic heterocycles. The third-order valence-electron chi connectivity index (χ3n) is 6.48. The van der Waals surface area contributed by atoms with E-state index in [1.165, 1.54) is 0 Å². The van der Waals surface area contributed by atoms with Crippen LogP contribution in [0.1, 0.15) is 66.1 Å². The summed E-state index contributed by atoms with van der Waals surface area (Å²) in [5.74, 6) is 1.28. The first kappa shape index (κ1) is 22.9. The summed E-state index contributed by atoms with van der Waals surface area (Å²) in [6, 6.07) is 8.99. The minimum Gasteiger partial charge on any atom is -0.508 e. The number of ether oxygens (including phenoxy) is 1. The summed E-state index contributed by atoms with van der Waals surface area (Å²) < 4.78 is 5.33. The molecule has 1 aliphatic rings. The highest BCUT2D eigenvalue weighted by atomic mass is 16.5. The van der Waals surface area contributed by atoms with Crippen LogP contribution in [0.25, 0.3) is 0 Å². The minimum absolute atomic E-state index is 0.0344. The van der Waals surface area contributed by atoms with Crippen molar-refractivity contribution in [3.05, 3.63) is 52.6 Å². The minimum atomic E-state index is -0.0344. The lowest BCUT2D eigenvalue weighted by atomic mass is 9.78. The molecule has 0 aromatic heterocycles. The van der Waals surface area contributed by atoms with Gasteiger partial charge in [-0.05, 0) is 86.8 Å². The summed E-state index contributed by atoms with van der Waals surface area (Å²) in [7, 11) is 1.62. The van der Waals surface area contributed by atoms with E-state index in [2.05, 4.69) is 5.32 Å².